The Morgan fingerprint density at radius 2 is 1.86 bits per heavy atom. The maximum atomic E-state index is 12.3. The molecule has 22 heavy (non-hydrogen) atoms. The smallest absolute Gasteiger partial charge is 0.276 e. The molecule has 0 aliphatic heterocycles. The van der Waals surface area contributed by atoms with Crippen LogP contribution in [0.1, 0.15) is 35.9 Å². The Hall–Kier alpha value is -2.63. The fourth-order valence-corrected chi connectivity index (χ4v) is 1.87. The van der Waals surface area contributed by atoms with Gasteiger partial charge < -0.3 is 14.8 Å². The van der Waals surface area contributed by atoms with Gasteiger partial charge in [0.05, 0.1) is 25.6 Å². The Labute approximate surface area is 129 Å². The van der Waals surface area contributed by atoms with Crippen LogP contribution in [0.15, 0.2) is 30.3 Å². The zero-order chi connectivity index (χ0) is 16.1. The SMILES string of the molecule is COc1ccc(OC)c(NC(=O)c2ccc(C(C)C)nn2)c1. The summed E-state index contributed by atoms with van der Waals surface area (Å²) >= 11 is 0. The van der Waals surface area contributed by atoms with Crippen molar-refractivity contribution in [3.8, 4) is 11.5 Å². The normalized spacial score (nSPS) is 10.4. The van der Waals surface area contributed by atoms with Gasteiger partial charge >= 0.3 is 0 Å². The third-order valence-electron chi connectivity index (χ3n) is 3.16. The minimum atomic E-state index is -0.352. The number of methoxy groups -OCH3 is 2. The van der Waals surface area contributed by atoms with Gasteiger partial charge in [0.25, 0.3) is 5.91 Å². The molecule has 0 aliphatic rings. The molecule has 0 fully saturated rings. The summed E-state index contributed by atoms with van der Waals surface area (Å²) in [6.45, 7) is 4.04. The van der Waals surface area contributed by atoms with E-state index in [1.165, 1.54) is 7.11 Å². The predicted molar refractivity (Wildman–Crippen MR) is 83.6 cm³/mol. The molecule has 0 aliphatic carbocycles. The summed E-state index contributed by atoms with van der Waals surface area (Å²) in [7, 11) is 3.10. The second-order valence-electron chi connectivity index (χ2n) is 5.02. The summed E-state index contributed by atoms with van der Waals surface area (Å²) in [5.74, 6) is 1.08. The van der Waals surface area contributed by atoms with Crippen molar-refractivity contribution in [2.24, 2.45) is 0 Å². The van der Waals surface area contributed by atoms with Crippen molar-refractivity contribution in [1.29, 1.82) is 0 Å². The summed E-state index contributed by atoms with van der Waals surface area (Å²) < 4.78 is 10.4. The van der Waals surface area contributed by atoms with Gasteiger partial charge in [0, 0.05) is 6.07 Å². The zero-order valence-electron chi connectivity index (χ0n) is 13.1. The topological polar surface area (TPSA) is 73.3 Å². The van der Waals surface area contributed by atoms with Gasteiger partial charge in [-0.2, -0.15) is 5.10 Å². The lowest BCUT2D eigenvalue weighted by Gasteiger charge is -2.11. The number of aromatic nitrogens is 2. The van der Waals surface area contributed by atoms with Crippen LogP contribution in [0, 0.1) is 0 Å². The van der Waals surface area contributed by atoms with E-state index in [4.69, 9.17) is 9.47 Å². The third kappa shape index (κ3) is 3.52. The highest BCUT2D eigenvalue weighted by Gasteiger charge is 2.13. The first-order chi connectivity index (χ1) is 10.5. The van der Waals surface area contributed by atoms with E-state index in [-0.39, 0.29) is 17.5 Å². The Kier molecular flexibility index (Phi) is 4.93. The van der Waals surface area contributed by atoms with Crippen molar-refractivity contribution in [2.45, 2.75) is 19.8 Å². The van der Waals surface area contributed by atoms with Crippen molar-refractivity contribution >= 4 is 11.6 Å². The molecule has 2 aromatic rings. The number of amides is 1. The number of nitrogens with zero attached hydrogens (tertiary/aromatic N) is 2. The molecule has 116 valence electrons. The van der Waals surface area contributed by atoms with E-state index < -0.39 is 0 Å². The minimum Gasteiger partial charge on any atom is -0.497 e. The lowest BCUT2D eigenvalue weighted by Crippen LogP contribution is -2.15. The average molecular weight is 301 g/mol. The summed E-state index contributed by atoms with van der Waals surface area (Å²) in [4.78, 5) is 12.3. The number of hydrogen-bond acceptors (Lipinski definition) is 5. The first-order valence-electron chi connectivity index (χ1n) is 6.92. The maximum absolute atomic E-state index is 12.3. The van der Waals surface area contributed by atoms with Crippen molar-refractivity contribution in [2.75, 3.05) is 19.5 Å². The number of carbonyl (C=O) groups is 1. The molecule has 0 saturated heterocycles. The molecule has 0 radical (unpaired) electrons. The molecule has 0 bridgehead atoms. The van der Waals surface area contributed by atoms with E-state index in [1.54, 1.807) is 37.4 Å². The van der Waals surface area contributed by atoms with Crippen LogP contribution in [-0.4, -0.2) is 30.3 Å². The molecule has 0 unspecified atom stereocenters. The number of ether oxygens (including phenoxy) is 2. The Morgan fingerprint density at radius 1 is 1.09 bits per heavy atom. The van der Waals surface area contributed by atoms with Crippen molar-refractivity contribution in [1.82, 2.24) is 10.2 Å². The highest BCUT2D eigenvalue weighted by molar-refractivity contribution is 6.03. The number of carbonyl (C=O) groups excluding carboxylic acids is 1. The molecule has 6 nitrogen and oxygen atoms in total. The molecule has 2 rings (SSSR count). The number of benzene rings is 1. The molecule has 1 heterocycles. The number of anilines is 1. The molecule has 6 heteroatoms. The largest absolute Gasteiger partial charge is 0.497 e. The standard InChI is InChI=1S/C16H19N3O3/c1-10(2)12-6-7-13(19-18-12)16(20)17-14-9-11(21-3)5-8-15(14)22-4/h5-10H,1-4H3,(H,17,20). The molecular weight excluding hydrogens is 282 g/mol. The fraction of sp³-hybridized carbons (Fsp3) is 0.312. The van der Waals surface area contributed by atoms with Crippen molar-refractivity contribution in [3.63, 3.8) is 0 Å². The fourth-order valence-electron chi connectivity index (χ4n) is 1.87. The number of rotatable bonds is 5. The van der Waals surface area contributed by atoms with Crippen LogP contribution in [0.3, 0.4) is 0 Å². The van der Waals surface area contributed by atoms with Crippen LogP contribution in [0.4, 0.5) is 5.69 Å². The molecule has 0 saturated carbocycles. The van der Waals surface area contributed by atoms with Gasteiger partial charge in [-0.15, -0.1) is 5.10 Å². The quantitative estimate of drug-likeness (QED) is 0.919. The first-order valence-corrected chi connectivity index (χ1v) is 6.92. The lowest BCUT2D eigenvalue weighted by atomic mass is 10.1. The van der Waals surface area contributed by atoms with E-state index in [0.717, 1.165) is 5.69 Å². The molecule has 1 aromatic heterocycles. The lowest BCUT2D eigenvalue weighted by molar-refractivity contribution is 0.102. The molecule has 1 N–H and O–H groups in total. The first kappa shape index (κ1) is 15.8. The summed E-state index contributed by atoms with van der Waals surface area (Å²) in [6.07, 6.45) is 0. The van der Waals surface area contributed by atoms with Crippen LogP contribution < -0.4 is 14.8 Å². The van der Waals surface area contributed by atoms with Gasteiger partial charge in [-0.3, -0.25) is 4.79 Å². The molecule has 0 spiro atoms. The van der Waals surface area contributed by atoms with E-state index in [0.29, 0.717) is 17.2 Å². The second kappa shape index (κ2) is 6.89. The van der Waals surface area contributed by atoms with Gasteiger partial charge in [0.2, 0.25) is 0 Å². The maximum Gasteiger partial charge on any atom is 0.276 e. The molecule has 1 amide bonds. The second-order valence-corrected chi connectivity index (χ2v) is 5.02. The number of hydrogen-bond donors (Lipinski definition) is 1. The Balaban J connectivity index is 2.21. The van der Waals surface area contributed by atoms with Crippen LogP contribution in [0.25, 0.3) is 0 Å². The predicted octanol–water partition coefficient (Wildman–Crippen LogP) is 2.87. The third-order valence-corrected chi connectivity index (χ3v) is 3.16. The van der Waals surface area contributed by atoms with Crippen molar-refractivity contribution in [3.05, 3.63) is 41.7 Å². The summed E-state index contributed by atoms with van der Waals surface area (Å²) in [5.41, 5.74) is 1.60. The highest BCUT2D eigenvalue weighted by atomic mass is 16.5. The van der Waals surface area contributed by atoms with E-state index in [1.807, 2.05) is 13.8 Å². The minimum absolute atomic E-state index is 0.245. The highest BCUT2D eigenvalue weighted by Crippen LogP contribution is 2.29. The van der Waals surface area contributed by atoms with Crippen molar-refractivity contribution < 1.29 is 14.3 Å². The summed E-state index contributed by atoms with van der Waals surface area (Å²) in [5, 5.41) is 10.8. The monoisotopic (exact) mass is 301 g/mol. The van der Waals surface area contributed by atoms with Crippen LogP contribution >= 0.6 is 0 Å². The van der Waals surface area contributed by atoms with E-state index >= 15 is 0 Å². The van der Waals surface area contributed by atoms with Crippen LogP contribution in [-0.2, 0) is 0 Å². The zero-order valence-corrected chi connectivity index (χ0v) is 13.1. The van der Waals surface area contributed by atoms with E-state index in [9.17, 15) is 4.79 Å². The van der Waals surface area contributed by atoms with E-state index in [2.05, 4.69) is 15.5 Å². The van der Waals surface area contributed by atoms with Crippen LogP contribution in [0.2, 0.25) is 0 Å². The molecule has 1 aromatic carbocycles. The van der Waals surface area contributed by atoms with Gasteiger partial charge in [0.15, 0.2) is 5.69 Å². The average Bonchev–Trinajstić information content (AvgIpc) is 2.54. The van der Waals surface area contributed by atoms with Gasteiger partial charge in [-0.1, -0.05) is 13.8 Å². The number of nitrogens with one attached hydrogen (secondary N) is 1. The van der Waals surface area contributed by atoms with Crippen LogP contribution in [0.5, 0.6) is 11.5 Å². The Bertz CT molecular complexity index is 654. The molecular formula is C16H19N3O3. The Morgan fingerprint density at radius 3 is 2.41 bits per heavy atom. The molecule has 0 atom stereocenters. The van der Waals surface area contributed by atoms with Gasteiger partial charge in [-0.25, -0.2) is 0 Å². The van der Waals surface area contributed by atoms with Gasteiger partial charge in [0.1, 0.15) is 11.5 Å². The summed E-state index contributed by atoms with van der Waals surface area (Å²) in [6, 6.07) is 8.63. The van der Waals surface area contributed by atoms with Gasteiger partial charge in [-0.05, 0) is 30.2 Å².